The molecule has 1 heterocycles. The van der Waals surface area contributed by atoms with E-state index in [1.54, 1.807) is 6.07 Å². The molecule has 0 atom stereocenters. The van der Waals surface area contributed by atoms with E-state index in [1.807, 2.05) is 13.0 Å². The molecule has 0 spiro atoms. The molecule has 4 heteroatoms. The fraction of sp³-hybridized carbons (Fsp3) is 0.375. The van der Waals surface area contributed by atoms with Gasteiger partial charge in [-0.2, -0.15) is 10.2 Å². The molecule has 4 nitrogen and oxygen atoms in total. The summed E-state index contributed by atoms with van der Waals surface area (Å²) in [4.78, 5) is 9.99. The molecule has 0 saturated carbocycles. The van der Waals surface area contributed by atoms with Crippen molar-refractivity contribution in [2.45, 2.75) is 13.3 Å². The molecule has 12 heavy (non-hydrogen) atoms. The predicted octanol–water partition coefficient (Wildman–Crippen LogP) is 0.135. The van der Waals surface area contributed by atoms with Gasteiger partial charge in [0.05, 0.1) is 11.4 Å². The number of nitrogens with zero attached hydrogens (tertiary/aromatic N) is 2. The fourth-order valence-corrected chi connectivity index (χ4v) is 0.621. The van der Waals surface area contributed by atoms with E-state index in [0.717, 1.165) is 24.8 Å². The van der Waals surface area contributed by atoms with Gasteiger partial charge in [-0.3, -0.25) is 0 Å². The first-order valence-corrected chi connectivity index (χ1v) is 3.50. The maximum Gasteiger partial charge on any atom is 0.126 e. The third kappa shape index (κ3) is 3.78. The maximum atomic E-state index is 9.99. The second-order valence-electron chi connectivity index (χ2n) is 2.04. The van der Waals surface area contributed by atoms with E-state index in [1.165, 1.54) is 0 Å². The number of hydrogen-bond donors (Lipinski definition) is 1. The summed E-state index contributed by atoms with van der Waals surface area (Å²) in [5, 5.41) is 14.6. The summed E-state index contributed by atoms with van der Waals surface area (Å²) in [5.41, 5.74) is 1.59. The highest BCUT2D eigenvalue weighted by Gasteiger charge is 1.91. The Morgan fingerprint density at radius 1 is 1.42 bits per heavy atom. The highest BCUT2D eigenvalue weighted by molar-refractivity contribution is 5.53. The van der Waals surface area contributed by atoms with E-state index in [2.05, 4.69) is 10.2 Å². The monoisotopic (exact) mass is 168 g/mol. The molecule has 1 aromatic heterocycles. The van der Waals surface area contributed by atoms with Crippen LogP contribution in [0.2, 0.25) is 0 Å². The van der Waals surface area contributed by atoms with E-state index in [9.17, 15) is 4.79 Å². The van der Waals surface area contributed by atoms with Crippen LogP contribution in [0, 0.1) is 6.92 Å². The summed E-state index contributed by atoms with van der Waals surface area (Å²) in [6.45, 7) is 1.86. The summed E-state index contributed by atoms with van der Waals surface area (Å²) in [6.07, 6.45) is 1.17. The van der Waals surface area contributed by atoms with Gasteiger partial charge in [0.1, 0.15) is 6.29 Å². The van der Waals surface area contributed by atoms with Gasteiger partial charge in [0.15, 0.2) is 0 Å². The quantitative estimate of drug-likeness (QED) is 0.638. The van der Waals surface area contributed by atoms with Gasteiger partial charge >= 0.3 is 0 Å². The lowest BCUT2D eigenvalue weighted by molar-refractivity contribution is -0.107. The summed E-state index contributed by atoms with van der Waals surface area (Å²) in [5.74, 6) is 0. The third-order valence-electron chi connectivity index (χ3n) is 1.15. The fourth-order valence-electron chi connectivity index (χ4n) is 0.621. The van der Waals surface area contributed by atoms with Crippen LogP contribution in [-0.4, -0.2) is 28.7 Å². The largest absolute Gasteiger partial charge is 0.400 e. The lowest BCUT2D eigenvalue weighted by Crippen LogP contribution is -1.94. The van der Waals surface area contributed by atoms with Gasteiger partial charge in [0, 0.05) is 13.5 Å². The summed E-state index contributed by atoms with van der Waals surface area (Å²) in [7, 11) is 1.00. The average molecular weight is 168 g/mol. The first kappa shape index (κ1) is 10.7. The van der Waals surface area contributed by atoms with Crippen LogP contribution in [0.15, 0.2) is 12.1 Å². The molecule has 0 radical (unpaired) electrons. The van der Waals surface area contributed by atoms with Gasteiger partial charge in [-0.05, 0) is 19.1 Å². The van der Waals surface area contributed by atoms with Crippen LogP contribution in [-0.2, 0) is 11.2 Å². The number of aryl methyl sites for hydroxylation is 1. The van der Waals surface area contributed by atoms with Gasteiger partial charge in [-0.1, -0.05) is 0 Å². The SMILES string of the molecule is CO.Cc1ccc(CC=O)nn1. The average Bonchev–Trinajstić information content (AvgIpc) is 2.13. The Hall–Kier alpha value is -1.29. The number of aldehydes is 1. The summed E-state index contributed by atoms with van der Waals surface area (Å²) >= 11 is 0. The van der Waals surface area contributed by atoms with E-state index in [-0.39, 0.29) is 0 Å². The number of aromatic nitrogens is 2. The molecule has 0 aromatic carbocycles. The molecule has 1 N–H and O–H groups in total. The Morgan fingerprint density at radius 3 is 2.50 bits per heavy atom. The minimum Gasteiger partial charge on any atom is -0.400 e. The van der Waals surface area contributed by atoms with Crippen LogP contribution < -0.4 is 0 Å². The molecule has 66 valence electrons. The number of aliphatic hydroxyl groups is 1. The molecule has 1 aromatic rings. The number of carbonyl (C=O) groups excluding carboxylic acids is 1. The number of rotatable bonds is 2. The zero-order chi connectivity index (χ0) is 9.40. The van der Waals surface area contributed by atoms with Gasteiger partial charge in [0.25, 0.3) is 0 Å². The number of aliphatic hydroxyl groups excluding tert-OH is 1. The molecule has 1 rings (SSSR count). The van der Waals surface area contributed by atoms with Crippen LogP contribution in [0.1, 0.15) is 11.4 Å². The molecule has 0 aliphatic heterocycles. The maximum absolute atomic E-state index is 9.99. The Bertz CT molecular complexity index is 221. The summed E-state index contributed by atoms with van der Waals surface area (Å²) < 4.78 is 0. The standard InChI is InChI=1S/C7H8N2O.CH4O/c1-6-2-3-7(4-5-10)9-8-6;1-2/h2-3,5H,4H2,1H3;2H,1H3. The van der Waals surface area contributed by atoms with E-state index in [4.69, 9.17) is 5.11 Å². The van der Waals surface area contributed by atoms with Crippen molar-refractivity contribution in [1.82, 2.24) is 10.2 Å². The molecule has 0 amide bonds. The van der Waals surface area contributed by atoms with Crippen LogP contribution in [0.4, 0.5) is 0 Å². The van der Waals surface area contributed by atoms with Crippen molar-refractivity contribution in [3.05, 3.63) is 23.5 Å². The minimum atomic E-state index is 0.354. The van der Waals surface area contributed by atoms with Crippen molar-refractivity contribution in [1.29, 1.82) is 0 Å². The lowest BCUT2D eigenvalue weighted by atomic mass is 10.3. The molecule has 0 aliphatic rings. The normalized spacial score (nSPS) is 8.25. The Morgan fingerprint density at radius 2 is 2.08 bits per heavy atom. The molecular weight excluding hydrogens is 156 g/mol. The zero-order valence-corrected chi connectivity index (χ0v) is 7.19. The number of carbonyl (C=O) groups is 1. The lowest BCUT2D eigenvalue weighted by Gasteiger charge is -1.91. The van der Waals surface area contributed by atoms with Crippen LogP contribution in [0.5, 0.6) is 0 Å². The Kier molecular flexibility index (Phi) is 5.73. The van der Waals surface area contributed by atoms with Crippen molar-refractivity contribution in [2.75, 3.05) is 7.11 Å². The summed E-state index contributed by atoms with van der Waals surface area (Å²) in [6, 6.07) is 3.64. The van der Waals surface area contributed by atoms with Gasteiger partial charge in [-0.25, -0.2) is 0 Å². The molecule has 0 bridgehead atoms. The van der Waals surface area contributed by atoms with E-state index < -0.39 is 0 Å². The van der Waals surface area contributed by atoms with Crippen molar-refractivity contribution in [2.24, 2.45) is 0 Å². The van der Waals surface area contributed by atoms with Crippen molar-refractivity contribution in [3.63, 3.8) is 0 Å². The van der Waals surface area contributed by atoms with E-state index >= 15 is 0 Å². The van der Waals surface area contributed by atoms with Gasteiger partial charge in [0.2, 0.25) is 0 Å². The predicted molar refractivity (Wildman–Crippen MR) is 44.7 cm³/mol. The van der Waals surface area contributed by atoms with Crippen LogP contribution in [0.3, 0.4) is 0 Å². The third-order valence-corrected chi connectivity index (χ3v) is 1.15. The highest BCUT2D eigenvalue weighted by Crippen LogP contribution is 1.93. The first-order valence-electron chi connectivity index (χ1n) is 3.50. The second kappa shape index (κ2) is 6.42. The molecule has 0 aliphatic carbocycles. The Balaban J connectivity index is 0.000000561. The van der Waals surface area contributed by atoms with Gasteiger partial charge in [-0.15, -0.1) is 0 Å². The molecule has 0 fully saturated rings. The zero-order valence-electron chi connectivity index (χ0n) is 7.19. The van der Waals surface area contributed by atoms with Gasteiger partial charge < -0.3 is 9.90 Å². The second-order valence-corrected chi connectivity index (χ2v) is 2.04. The van der Waals surface area contributed by atoms with Crippen molar-refractivity contribution in [3.8, 4) is 0 Å². The van der Waals surface area contributed by atoms with Crippen molar-refractivity contribution < 1.29 is 9.90 Å². The minimum absolute atomic E-state index is 0.354. The molecular formula is C8H12N2O2. The van der Waals surface area contributed by atoms with Crippen LogP contribution in [0.25, 0.3) is 0 Å². The smallest absolute Gasteiger partial charge is 0.126 e. The van der Waals surface area contributed by atoms with Crippen LogP contribution >= 0.6 is 0 Å². The topological polar surface area (TPSA) is 63.1 Å². The molecule has 0 unspecified atom stereocenters. The first-order chi connectivity index (χ1) is 5.83. The van der Waals surface area contributed by atoms with Crippen molar-refractivity contribution >= 4 is 6.29 Å². The Labute approximate surface area is 71.3 Å². The number of hydrogen-bond acceptors (Lipinski definition) is 4. The molecule has 0 saturated heterocycles. The highest BCUT2D eigenvalue weighted by atomic mass is 16.2. The van der Waals surface area contributed by atoms with E-state index in [0.29, 0.717) is 6.42 Å².